The minimum atomic E-state index is 0.0737. The molecule has 236 valence electrons. The summed E-state index contributed by atoms with van der Waals surface area (Å²) in [4.78, 5) is 17.6. The number of benzene rings is 6. The van der Waals surface area contributed by atoms with Crippen molar-refractivity contribution < 1.29 is 4.42 Å². The van der Waals surface area contributed by atoms with E-state index in [0.29, 0.717) is 17.5 Å². The molecule has 8 aromatic rings. The van der Waals surface area contributed by atoms with Crippen molar-refractivity contribution in [2.45, 2.75) is 12.0 Å². The standard InChI is InChI=1S/C45H30N4O/c1-5-15-29(16-6-1)35-27-32(45-47-43(30-17-7-2-8-18-30)46-44(48-45)31-19-9-3-10-20-31)28-36-41-39(50-42(35)36)26-25-38-40(41)34-23-13-14-24-37(34)49(38)33-21-11-4-12-22-33/h1-28,38,40H. The van der Waals surface area contributed by atoms with Gasteiger partial charge in [0.2, 0.25) is 0 Å². The van der Waals surface area contributed by atoms with E-state index in [2.05, 4.69) is 108 Å². The molecule has 2 aliphatic rings. The first-order valence-electron chi connectivity index (χ1n) is 16.9. The number of para-hydroxylation sites is 2. The molecule has 0 amide bonds. The molecule has 2 aromatic heterocycles. The van der Waals surface area contributed by atoms with Gasteiger partial charge in [-0.15, -0.1) is 0 Å². The van der Waals surface area contributed by atoms with Crippen molar-refractivity contribution in [2.75, 3.05) is 4.90 Å². The zero-order valence-electron chi connectivity index (χ0n) is 27.0. The Morgan fingerprint density at radius 3 is 1.70 bits per heavy atom. The summed E-state index contributed by atoms with van der Waals surface area (Å²) in [5.74, 6) is 2.86. The van der Waals surface area contributed by atoms with E-state index in [9.17, 15) is 0 Å². The molecule has 0 spiro atoms. The second-order valence-electron chi connectivity index (χ2n) is 12.8. The molecule has 0 N–H and O–H groups in total. The first kappa shape index (κ1) is 28.4. The molecule has 50 heavy (non-hydrogen) atoms. The highest BCUT2D eigenvalue weighted by molar-refractivity contribution is 6.01. The summed E-state index contributed by atoms with van der Waals surface area (Å²) in [5.41, 5.74) is 10.6. The lowest BCUT2D eigenvalue weighted by molar-refractivity contribution is 0.585. The highest BCUT2D eigenvalue weighted by atomic mass is 16.3. The van der Waals surface area contributed by atoms with E-state index in [-0.39, 0.29) is 12.0 Å². The summed E-state index contributed by atoms with van der Waals surface area (Å²) >= 11 is 0. The number of rotatable bonds is 5. The van der Waals surface area contributed by atoms with Gasteiger partial charge in [-0.25, -0.2) is 15.0 Å². The Kier molecular flexibility index (Phi) is 6.56. The number of nitrogens with zero attached hydrogens (tertiary/aromatic N) is 4. The SMILES string of the molecule is C1=CC2C(c3ccccc3N2c2ccccc2)c2c1oc1c(-c3ccccc3)cc(-c3nc(-c4ccccc4)nc(-c4ccccc4)n3)cc21. The average molecular weight is 643 g/mol. The number of aromatic nitrogens is 3. The van der Waals surface area contributed by atoms with Crippen molar-refractivity contribution in [3.8, 4) is 45.3 Å². The van der Waals surface area contributed by atoms with Crippen LogP contribution in [0.5, 0.6) is 0 Å². The molecule has 0 fully saturated rings. The summed E-state index contributed by atoms with van der Waals surface area (Å²) in [7, 11) is 0. The van der Waals surface area contributed by atoms with Crippen molar-refractivity contribution >= 4 is 28.4 Å². The van der Waals surface area contributed by atoms with Crippen molar-refractivity contribution in [3.05, 3.63) is 181 Å². The molecule has 0 bridgehead atoms. The van der Waals surface area contributed by atoms with Crippen LogP contribution in [0.3, 0.4) is 0 Å². The maximum absolute atomic E-state index is 6.86. The van der Waals surface area contributed by atoms with Gasteiger partial charge in [-0.3, -0.25) is 0 Å². The second-order valence-corrected chi connectivity index (χ2v) is 12.8. The molecule has 0 saturated heterocycles. The molecule has 6 aromatic carbocycles. The normalized spacial score (nSPS) is 15.9. The summed E-state index contributed by atoms with van der Waals surface area (Å²) in [5, 5.41) is 1.07. The van der Waals surface area contributed by atoms with Crippen LogP contribution in [-0.4, -0.2) is 21.0 Å². The Bertz CT molecular complexity index is 2490. The molecular formula is C45H30N4O. The van der Waals surface area contributed by atoms with E-state index in [1.54, 1.807) is 0 Å². The van der Waals surface area contributed by atoms with E-state index in [0.717, 1.165) is 44.5 Å². The topological polar surface area (TPSA) is 55.1 Å². The first-order valence-corrected chi connectivity index (χ1v) is 16.9. The Morgan fingerprint density at radius 2 is 1.06 bits per heavy atom. The van der Waals surface area contributed by atoms with Crippen LogP contribution in [0.1, 0.15) is 22.8 Å². The monoisotopic (exact) mass is 642 g/mol. The van der Waals surface area contributed by atoms with Crippen LogP contribution < -0.4 is 4.90 Å². The Labute approximate surface area is 289 Å². The van der Waals surface area contributed by atoms with Crippen molar-refractivity contribution in [1.29, 1.82) is 0 Å². The lowest BCUT2D eigenvalue weighted by Crippen LogP contribution is -2.30. The van der Waals surface area contributed by atoms with Gasteiger partial charge in [-0.1, -0.05) is 133 Å². The minimum absolute atomic E-state index is 0.0737. The molecule has 2 atom stereocenters. The van der Waals surface area contributed by atoms with Crippen LogP contribution in [0.15, 0.2) is 168 Å². The molecule has 5 nitrogen and oxygen atoms in total. The predicted octanol–water partition coefficient (Wildman–Crippen LogP) is 11.0. The number of furan rings is 1. The largest absolute Gasteiger partial charge is 0.456 e. The number of anilines is 2. The quantitative estimate of drug-likeness (QED) is 0.187. The van der Waals surface area contributed by atoms with Crippen LogP contribution in [0, 0.1) is 0 Å². The van der Waals surface area contributed by atoms with Crippen LogP contribution >= 0.6 is 0 Å². The zero-order valence-corrected chi connectivity index (χ0v) is 27.0. The predicted molar refractivity (Wildman–Crippen MR) is 201 cm³/mol. The van der Waals surface area contributed by atoms with Gasteiger partial charge >= 0.3 is 0 Å². The maximum Gasteiger partial charge on any atom is 0.164 e. The van der Waals surface area contributed by atoms with E-state index in [1.165, 1.54) is 22.5 Å². The fourth-order valence-electron chi connectivity index (χ4n) is 7.65. The second kappa shape index (κ2) is 11.5. The van der Waals surface area contributed by atoms with Gasteiger partial charge in [-0.05, 0) is 47.5 Å². The fraction of sp³-hybridized carbons (Fsp3) is 0.0444. The van der Waals surface area contributed by atoms with Gasteiger partial charge in [0.1, 0.15) is 11.3 Å². The van der Waals surface area contributed by atoms with Gasteiger partial charge in [0.25, 0.3) is 0 Å². The third kappa shape index (κ3) is 4.59. The molecule has 5 heteroatoms. The fourth-order valence-corrected chi connectivity index (χ4v) is 7.65. The Morgan fingerprint density at radius 1 is 0.520 bits per heavy atom. The van der Waals surface area contributed by atoms with E-state index >= 15 is 0 Å². The van der Waals surface area contributed by atoms with Crippen LogP contribution in [0.4, 0.5) is 11.4 Å². The van der Waals surface area contributed by atoms with E-state index < -0.39 is 0 Å². The highest BCUT2D eigenvalue weighted by Gasteiger charge is 2.43. The van der Waals surface area contributed by atoms with Gasteiger partial charge in [0.05, 0.1) is 6.04 Å². The lowest BCUT2D eigenvalue weighted by Gasteiger charge is -2.30. The zero-order chi connectivity index (χ0) is 33.0. The first-order chi connectivity index (χ1) is 24.8. The Hall–Kier alpha value is -6.59. The lowest BCUT2D eigenvalue weighted by atomic mass is 9.82. The van der Waals surface area contributed by atoms with Crippen LogP contribution in [-0.2, 0) is 0 Å². The summed E-state index contributed by atoms with van der Waals surface area (Å²) in [6, 6.07) is 54.7. The van der Waals surface area contributed by atoms with Gasteiger partial charge in [-0.2, -0.15) is 0 Å². The smallest absolute Gasteiger partial charge is 0.164 e. The van der Waals surface area contributed by atoms with E-state index in [1.807, 2.05) is 66.7 Å². The summed E-state index contributed by atoms with van der Waals surface area (Å²) < 4.78 is 6.86. The molecule has 1 aliphatic carbocycles. The number of fused-ring (bicyclic) bond motifs is 7. The molecule has 10 rings (SSSR count). The third-order valence-electron chi connectivity index (χ3n) is 9.86. The Balaban J connectivity index is 1.23. The average Bonchev–Trinajstić information content (AvgIpc) is 3.74. The highest BCUT2D eigenvalue weighted by Crippen LogP contribution is 2.54. The molecule has 2 unspecified atom stereocenters. The van der Waals surface area contributed by atoms with Crippen LogP contribution in [0.25, 0.3) is 62.3 Å². The van der Waals surface area contributed by atoms with E-state index in [4.69, 9.17) is 19.4 Å². The molecule has 3 heterocycles. The third-order valence-corrected chi connectivity index (χ3v) is 9.86. The van der Waals surface area contributed by atoms with Crippen molar-refractivity contribution in [2.24, 2.45) is 0 Å². The van der Waals surface area contributed by atoms with Gasteiger partial charge in [0.15, 0.2) is 17.5 Å². The van der Waals surface area contributed by atoms with Crippen molar-refractivity contribution in [1.82, 2.24) is 15.0 Å². The van der Waals surface area contributed by atoms with Crippen molar-refractivity contribution in [3.63, 3.8) is 0 Å². The number of hydrogen-bond acceptors (Lipinski definition) is 5. The summed E-state index contributed by atoms with van der Waals surface area (Å²) in [6.07, 6.45) is 4.46. The number of hydrogen-bond donors (Lipinski definition) is 0. The summed E-state index contributed by atoms with van der Waals surface area (Å²) in [6.45, 7) is 0. The minimum Gasteiger partial charge on any atom is -0.456 e. The maximum atomic E-state index is 6.86. The molecule has 0 radical (unpaired) electrons. The van der Waals surface area contributed by atoms with Gasteiger partial charge < -0.3 is 9.32 Å². The molecule has 1 aliphatic heterocycles. The molecular weight excluding hydrogens is 613 g/mol. The van der Waals surface area contributed by atoms with Gasteiger partial charge in [0, 0.05) is 50.5 Å². The molecule has 0 saturated carbocycles. The van der Waals surface area contributed by atoms with Crippen LogP contribution in [0.2, 0.25) is 0 Å².